The molecule has 3 rings (SSSR count). The molecule has 0 aliphatic heterocycles. The molecule has 0 saturated carbocycles. The first-order valence-corrected chi connectivity index (χ1v) is 9.72. The van der Waals surface area contributed by atoms with Gasteiger partial charge in [0, 0.05) is 13.5 Å². The van der Waals surface area contributed by atoms with Gasteiger partial charge in [-0.3, -0.25) is 0 Å². The Kier molecular flexibility index (Phi) is 5.27. The lowest BCUT2D eigenvalue weighted by atomic mass is 10.2. The van der Waals surface area contributed by atoms with Gasteiger partial charge in [-0.25, -0.2) is 8.42 Å². The van der Waals surface area contributed by atoms with Crippen LogP contribution in [0.25, 0.3) is 0 Å². The minimum atomic E-state index is -3.81. The zero-order valence-corrected chi connectivity index (χ0v) is 15.4. The first kappa shape index (κ1) is 18.0. The van der Waals surface area contributed by atoms with Gasteiger partial charge < -0.3 is 14.5 Å². The third-order valence-corrected chi connectivity index (χ3v) is 5.38. The Morgan fingerprint density at radius 3 is 2.42 bits per heavy atom. The molecule has 0 bridgehead atoms. The van der Waals surface area contributed by atoms with Crippen LogP contribution in [0.3, 0.4) is 0 Å². The second kappa shape index (κ2) is 7.61. The van der Waals surface area contributed by atoms with E-state index in [-0.39, 0.29) is 21.7 Å². The molecule has 0 unspecified atom stereocenters. The van der Waals surface area contributed by atoms with Crippen LogP contribution in [0.4, 0.5) is 5.88 Å². The monoisotopic (exact) mass is 372 g/mol. The summed E-state index contributed by atoms with van der Waals surface area (Å²) in [7, 11) is -3.81. The van der Waals surface area contributed by atoms with Crippen LogP contribution in [-0.4, -0.2) is 20.0 Å². The molecule has 0 saturated heterocycles. The number of nitrogens with zero attached hydrogens (tertiary/aromatic N) is 1. The van der Waals surface area contributed by atoms with E-state index in [2.05, 4.69) is 10.3 Å². The summed E-state index contributed by atoms with van der Waals surface area (Å²) >= 11 is 0. The molecule has 1 heterocycles. The van der Waals surface area contributed by atoms with Crippen LogP contribution in [0.15, 0.2) is 68.9 Å². The average molecular weight is 372 g/mol. The molecule has 0 aliphatic carbocycles. The zero-order valence-electron chi connectivity index (χ0n) is 14.6. The molecule has 0 atom stereocenters. The van der Waals surface area contributed by atoms with Crippen LogP contribution in [0, 0.1) is 6.92 Å². The maximum absolute atomic E-state index is 12.9. The number of nitrogens with one attached hydrogen (secondary N) is 1. The number of anilines is 1. The van der Waals surface area contributed by atoms with Gasteiger partial charge in [0.25, 0.3) is 0 Å². The van der Waals surface area contributed by atoms with E-state index < -0.39 is 9.84 Å². The molecule has 2 aromatic carbocycles. The minimum Gasteiger partial charge on any atom is -0.494 e. The average Bonchev–Trinajstić information content (AvgIpc) is 3.03. The molecular weight excluding hydrogens is 352 g/mol. The highest BCUT2D eigenvalue weighted by molar-refractivity contribution is 7.91. The highest BCUT2D eigenvalue weighted by Gasteiger charge is 2.27. The third-order valence-electron chi connectivity index (χ3n) is 3.70. The fraction of sp³-hybridized carbons (Fsp3) is 0.211. The van der Waals surface area contributed by atoms with Crippen molar-refractivity contribution in [2.75, 3.05) is 11.9 Å². The molecule has 0 radical (unpaired) electrons. The summed E-state index contributed by atoms with van der Waals surface area (Å²) in [4.78, 5) is 4.22. The van der Waals surface area contributed by atoms with E-state index in [0.717, 1.165) is 5.56 Å². The smallest absolute Gasteiger partial charge is 0.233 e. The van der Waals surface area contributed by atoms with Gasteiger partial charge in [-0.05, 0) is 36.8 Å². The van der Waals surface area contributed by atoms with Gasteiger partial charge in [-0.15, -0.1) is 0 Å². The van der Waals surface area contributed by atoms with Crippen molar-refractivity contribution in [2.45, 2.75) is 30.3 Å². The zero-order chi connectivity index (χ0) is 18.6. The number of aromatic nitrogens is 1. The van der Waals surface area contributed by atoms with Crippen molar-refractivity contribution in [1.82, 2.24) is 4.98 Å². The van der Waals surface area contributed by atoms with Crippen LogP contribution in [0.1, 0.15) is 18.4 Å². The number of hydrogen-bond donors (Lipinski definition) is 1. The van der Waals surface area contributed by atoms with Crippen LogP contribution in [-0.2, 0) is 16.4 Å². The van der Waals surface area contributed by atoms with E-state index in [9.17, 15) is 8.42 Å². The lowest BCUT2D eigenvalue weighted by Crippen LogP contribution is -2.07. The van der Waals surface area contributed by atoms with Crippen molar-refractivity contribution in [2.24, 2.45) is 0 Å². The second-order valence-corrected chi connectivity index (χ2v) is 7.48. The van der Waals surface area contributed by atoms with Crippen LogP contribution in [0.2, 0.25) is 0 Å². The summed E-state index contributed by atoms with van der Waals surface area (Å²) in [5, 5.41) is 2.91. The van der Waals surface area contributed by atoms with Gasteiger partial charge in [0.1, 0.15) is 5.75 Å². The summed E-state index contributed by atoms with van der Waals surface area (Å²) in [5.41, 5.74) is 1.01. The molecule has 136 valence electrons. The fourth-order valence-electron chi connectivity index (χ4n) is 2.47. The lowest BCUT2D eigenvalue weighted by Gasteiger charge is -2.07. The molecule has 0 aliphatic rings. The van der Waals surface area contributed by atoms with Crippen molar-refractivity contribution < 1.29 is 17.6 Å². The molecule has 1 N–H and O–H groups in total. The normalized spacial score (nSPS) is 11.3. The van der Waals surface area contributed by atoms with Crippen LogP contribution < -0.4 is 10.1 Å². The molecule has 7 heteroatoms. The Hall–Kier alpha value is -2.80. The largest absolute Gasteiger partial charge is 0.494 e. The van der Waals surface area contributed by atoms with E-state index in [4.69, 9.17) is 9.15 Å². The molecule has 6 nitrogen and oxygen atoms in total. The maximum atomic E-state index is 12.9. The summed E-state index contributed by atoms with van der Waals surface area (Å²) in [6.45, 7) is 4.43. The number of sulfone groups is 1. The van der Waals surface area contributed by atoms with Gasteiger partial charge in [-0.1, -0.05) is 30.3 Å². The SMILES string of the molecule is CCOc1ccc(S(=O)(=O)c2nc(C)oc2NCc2ccccc2)cc1. The van der Waals surface area contributed by atoms with Crippen LogP contribution in [0.5, 0.6) is 5.75 Å². The van der Waals surface area contributed by atoms with Gasteiger partial charge in [-0.2, -0.15) is 4.98 Å². The lowest BCUT2D eigenvalue weighted by molar-refractivity contribution is 0.340. The van der Waals surface area contributed by atoms with E-state index in [1.54, 1.807) is 19.1 Å². The first-order valence-electron chi connectivity index (χ1n) is 8.24. The molecule has 3 aromatic rings. The molecule has 0 fully saturated rings. The Bertz CT molecular complexity index is 965. The van der Waals surface area contributed by atoms with Gasteiger partial charge in [0.15, 0.2) is 5.89 Å². The van der Waals surface area contributed by atoms with Crippen molar-refractivity contribution >= 4 is 15.7 Å². The van der Waals surface area contributed by atoms with E-state index in [1.165, 1.54) is 12.1 Å². The van der Waals surface area contributed by atoms with Gasteiger partial charge in [0.2, 0.25) is 20.7 Å². The summed E-state index contributed by atoms with van der Waals surface area (Å²) in [5.74, 6) is 1.04. The van der Waals surface area contributed by atoms with Gasteiger partial charge in [0.05, 0.1) is 11.5 Å². The standard InChI is InChI=1S/C19H20N2O4S/c1-3-24-16-9-11-17(12-10-16)26(22,23)19-18(25-14(2)21-19)20-13-15-7-5-4-6-8-15/h4-12,20H,3,13H2,1-2H3. The summed E-state index contributed by atoms with van der Waals surface area (Å²) in [6, 6.07) is 15.9. The number of ether oxygens (including phenoxy) is 1. The minimum absolute atomic E-state index is 0.116. The van der Waals surface area contributed by atoms with E-state index in [1.807, 2.05) is 37.3 Å². The number of aryl methyl sites for hydroxylation is 1. The molecule has 0 spiro atoms. The van der Waals surface area contributed by atoms with Crippen molar-refractivity contribution in [3.63, 3.8) is 0 Å². The fourth-order valence-corrected chi connectivity index (χ4v) is 3.80. The molecule has 26 heavy (non-hydrogen) atoms. The molecule has 0 amide bonds. The quantitative estimate of drug-likeness (QED) is 0.679. The highest BCUT2D eigenvalue weighted by Crippen LogP contribution is 2.29. The third kappa shape index (κ3) is 3.88. The topological polar surface area (TPSA) is 81.4 Å². The Morgan fingerprint density at radius 1 is 1.08 bits per heavy atom. The first-order chi connectivity index (χ1) is 12.5. The number of oxazole rings is 1. The van der Waals surface area contributed by atoms with E-state index >= 15 is 0 Å². The number of hydrogen-bond acceptors (Lipinski definition) is 6. The Morgan fingerprint density at radius 2 is 1.77 bits per heavy atom. The van der Waals surface area contributed by atoms with Crippen LogP contribution >= 0.6 is 0 Å². The molecular formula is C19H20N2O4S. The van der Waals surface area contributed by atoms with E-state index in [0.29, 0.717) is 18.9 Å². The molecule has 1 aromatic heterocycles. The summed E-state index contributed by atoms with van der Waals surface area (Å²) < 4.78 is 36.7. The maximum Gasteiger partial charge on any atom is 0.233 e. The Balaban J connectivity index is 1.87. The number of rotatable bonds is 7. The van der Waals surface area contributed by atoms with Crippen molar-refractivity contribution in [3.8, 4) is 5.75 Å². The number of benzene rings is 2. The van der Waals surface area contributed by atoms with Gasteiger partial charge >= 0.3 is 0 Å². The van der Waals surface area contributed by atoms with Crippen molar-refractivity contribution in [3.05, 3.63) is 66.1 Å². The predicted molar refractivity (Wildman–Crippen MR) is 98.1 cm³/mol. The summed E-state index contributed by atoms with van der Waals surface area (Å²) in [6.07, 6.45) is 0. The predicted octanol–water partition coefficient (Wildman–Crippen LogP) is 3.83. The second-order valence-electron chi connectivity index (χ2n) is 5.61. The highest BCUT2D eigenvalue weighted by atomic mass is 32.2. The Labute approximate surface area is 152 Å². The van der Waals surface area contributed by atoms with Crippen molar-refractivity contribution in [1.29, 1.82) is 0 Å².